The summed E-state index contributed by atoms with van der Waals surface area (Å²) in [6.45, 7) is 3.69. The van der Waals surface area contributed by atoms with Crippen molar-refractivity contribution in [2.24, 2.45) is 7.05 Å². The van der Waals surface area contributed by atoms with E-state index in [9.17, 15) is 0 Å². The predicted molar refractivity (Wildman–Crippen MR) is 79.5 cm³/mol. The smallest absolute Gasteiger partial charge is 0.181 e. The number of rotatable bonds is 5. The maximum atomic E-state index is 4.26. The van der Waals surface area contributed by atoms with Crippen molar-refractivity contribution < 1.29 is 0 Å². The fourth-order valence-electron chi connectivity index (χ4n) is 2.12. The molecule has 2 aromatic heterocycles. The Morgan fingerprint density at radius 3 is 2.90 bits per heavy atom. The van der Waals surface area contributed by atoms with Crippen LogP contribution in [-0.2, 0) is 20.1 Å². The van der Waals surface area contributed by atoms with Gasteiger partial charge in [0.1, 0.15) is 0 Å². The van der Waals surface area contributed by atoms with E-state index in [1.165, 1.54) is 0 Å². The summed E-state index contributed by atoms with van der Waals surface area (Å²) in [6.07, 6.45) is 3.93. The summed E-state index contributed by atoms with van der Waals surface area (Å²) in [5, 5.41) is 19.2. The second kappa shape index (κ2) is 5.74. The van der Waals surface area contributed by atoms with Crippen LogP contribution in [0.25, 0.3) is 11.4 Å². The van der Waals surface area contributed by atoms with Gasteiger partial charge in [-0.3, -0.25) is 4.68 Å². The molecule has 7 nitrogen and oxygen atoms in total. The zero-order chi connectivity index (χ0) is 14.7. The standard InChI is InChI=1S/C14H17N7/c1-3-21-10-11(9-16-21)8-15-13-6-4-5-12(7-13)14-17-18-19-20(14)2/h4-7,9-10,15H,3,8H2,1-2H3. The Kier molecular flexibility index (Phi) is 3.63. The lowest BCUT2D eigenvalue weighted by molar-refractivity contribution is 0.659. The van der Waals surface area contributed by atoms with Gasteiger partial charge in [0.05, 0.1) is 6.20 Å². The molecule has 21 heavy (non-hydrogen) atoms. The Morgan fingerprint density at radius 2 is 2.19 bits per heavy atom. The van der Waals surface area contributed by atoms with Gasteiger partial charge < -0.3 is 5.32 Å². The van der Waals surface area contributed by atoms with Crippen molar-refractivity contribution in [1.82, 2.24) is 30.0 Å². The van der Waals surface area contributed by atoms with Gasteiger partial charge in [-0.1, -0.05) is 12.1 Å². The van der Waals surface area contributed by atoms with Crippen molar-refractivity contribution in [3.05, 3.63) is 42.2 Å². The summed E-state index contributed by atoms with van der Waals surface area (Å²) < 4.78 is 3.57. The number of aromatic nitrogens is 6. The molecule has 0 amide bonds. The largest absolute Gasteiger partial charge is 0.381 e. The maximum absolute atomic E-state index is 4.26. The fraction of sp³-hybridized carbons (Fsp3) is 0.286. The van der Waals surface area contributed by atoms with Gasteiger partial charge in [-0.25, -0.2) is 4.68 Å². The van der Waals surface area contributed by atoms with E-state index in [0.29, 0.717) is 0 Å². The summed E-state index contributed by atoms with van der Waals surface area (Å²) in [6, 6.07) is 8.04. The lowest BCUT2D eigenvalue weighted by atomic mass is 10.2. The third-order valence-corrected chi connectivity index (χ3v) is 3.25. The van der Waals surface area contributed by atoms with Gasteiger partial charge in [-0.15, -0.1) is 5.10 Å². The third-order valence-electron chi connectivity index (χ3n) is 3.25. The lowest BCUT2D eigenvalue weighted by Crippen LogP contribution is -2.00. The Hall–Kier alpha value is -2.70. The molecule has 0 aliphatic heterocycles. The zero-order valence-electron chi connectivity index (χ0n) is 12.1. The molecule has 0 bridgehead atoms. The van der Waals surface area contributed by atoms with Crippen molar-refractivity contribution in [1.29, 1.82) is 0 Å². The molecule has 3 rings (SSSR count). The fourth-order valence-corrected chi connectivity index (χ4v) is 2.12. The molecule has 0 saturated heterocycles. The summed E-state index contributed by atoms with van der Waals surface area (Å²) >= 11 is 0. The second-order valence-corrected chi connectivity index (χ2v) is 4.76. The highest BCUT2D eigenvalue weighted by molar-refractivity contribution is 5.62. The topological polar surface area (TPSA) is 73.5 Å². The van der Waals surface area contributed by atoms with Crippen LogP contribution in [0.1, 0.15) is 12.5 Å². The SMILES string of the molecule is CCn1cc(CNc2cccc(-c3nnnn3C)c2)cn1. The van der Waals surface area contributed by atoms with E-state index in [-0.39, 0.29) is 0 Å². The minimum Gasteiger partial charge on any atom is -0.381 e. The molecular weight excluding hydrogens is 266 g/mol. The number of hydrogen-bond donors (Lipinski definition) is 1. The summed E-state index contributed by atoms with van der Waals surface area (Å²) in [7, 11) is 1.83. The van der Waals surface area contributed by atoms with Crippen LogP contribution in [0.15, 0.2) is 36.7 Å². The first-order valence-electron chi connectivity index (χ1n) is 6.84. The van der Waals surface area contributed by atoms with Gasteiger partial charge in [-0.2, -0.15) is 5.10 Å². The molecule has 0 spiro atoms. The van der Waals surface area contributed by atoms with E-state index in [1.807, 2.05) is 48.4 Å². The van der Waals surface area contributed by atoms with Crippen LogP contribution in [0.2, 0.25) is 0 Å². The second-order valence-electron chi connectivity index (χ2n) is 4.76. The number of hydrogen-bond acceptors (Lipinski definition) is 5. The maximum Gasteiger partial charge on any atom is 0.181 e. The first-order chi connectivity index (χ1) is 10.3. The molecule has 0 unspecified atom stereocenters. The van der Waals surface area contributed by atoms with Crippen LogP contribution >= 0.6 is 0 Å². The summed E-state index contributed by atoms with van der Waals surface area (Å²) in [4.78, 5) is 0. The molecule has 0 atom stereocenters. The van der Waals surface area contributed by atoms with Gasteiger partial charge in [0.2, 0.25) is 0 Å². The van der Waals surface area contributed by atoms with Crippen LogP contribution < -0.4 is 5.32 Å². The van der Waals surface area contributed by atoms with E-state index >= 15 is 0 Å². The quantitative estimate of drug-likeness (QED) is 0.771. The zero-order valence-corrected chi connectivity index (χ0v) is 12.1. The molecule has 7 heteroatoms. The number of anilines is 1. The van der Waals surface area contributed by atoms with Crippen molar-refractivity contribution >= 4 is 5.69 Å². The lowest BCUT2D eigenvalue weighted by Gasteiger charge is -2.06. The number of tetrazole rings is 1. The molecule has 1 aromatic carbocycles. The number of nitrogens with zero attached hydrogens (tertiary/aromatic N) is 6. The molecule has 0 saturated carbocycles. The number of aryl methyl sites for hydroxylation is 2. The average Bonchev–Trinajstić information content (AvgIpc) is 3.14. The van der Waals surface area contributed by atoms with Crippen molar-refractivity contribution in [2.45, 2.75) is 20.0 Å². The molecule has 2 heterocycles. The first kappa shape index (κ1) is 13.3. The van der Waals surface area contributed by atoms with Gasteiger partial charge in [0.25, 0.3) is 0 Å². The highest BCUT2D eigenvalue weighted by Crippen LogP contribution is 2.19. The molecule has 0 aliphatic carbocycles. The molecule has 0 aliphatic rings. The van der Waals surface area contributed by atoms with E-state index < -0.39 is 0 Å². The van der Waals surface area contributed by atoms with Crippen LogP contribution in [0, 0.1) is 0 Å². The molecular formula is C14H17N7. The van der Waals surface area contributed by atoms with Crippen LogP contribution in [0.4, 0.5) is 5.69 Å². The van der Waals surface area contributed by atoms with Gasteiger partial charge >= 0.3 is 0 Å². The Labute approximate surface area is 122 Å². The summed E-state index contributed by atoms with van der Waals surface area (Å²) in [5.41, 5.74) is 3.17. The van der Waals surface area contributed by atoms with Crippen molar-refractivity contribution in [3.8, 4) is 11.4 Å². The monoisotopic (exact) mass is 283 g/mol. The normalized spacial score (nSPS) is 10.8. The minimum absolute atomic E-state index is 0.737. The van der Waals surface area contributed by atoms with Crippen LogP contribution in [0.5, 0.6) is 0 Å². The molecule has 0 fully saturated rings. The van der Waals surface area contributed by atoms with E-state index in [0.717, 1.165) is 35.7 Å². The Morgan fingerprint density at radius 1 is 1.29 bits per heavy atom. The Balaban J connectivity index is 1.73. The molecule has 3 aromatic rings. The van der Waals surface area contributed by atoms with E-state index in [1.54, 1.807) is 4.68 Å². The molecule has 1 N–H and O–H groups in total. The van der Waals surface area contributed by atoms with Gasteiger partial charge in [0, 0.05) is 43.1 Å². The highest BCUT2D eigenvalue weighted by atomic mass is 15.5. The van der Waals surface area contributed by atoms with Gasteiger partial charge in [0.15, 0.2) is 5.82 Å². The minimum atomic E-state index is 0.737. The third kappa shape index (κ3) is 2.91. The first-order valence-corrected chi connectivity index (χ1v) is 6.84. The highest BCUT2D eigenvalue weighted by Gasteiger charge is 2.06. The van der Waals surface area contributed by atoms with Crippen LogP contribution in [0.3, 0.4) is 0 Å². The summed E-state index contributed by atoms with van der Waals surface area (Å²) in [5.74, 6) is 0.748. The van der Waals surface area contributed by atoms with Crippen molar-refractivity contribution in [2.75, 3.05) is 5.32 Å². The number of benzene rings is 1. The number of nitrogens with one attached hydrogen (secondary N) is 1. The molecule has 108 valence electrons. The van der Waals surface area contributed by atoms with Gasteiger partial charge in [-0.05, 0) is 29.5 Å². The molecule has 0 radical (unpaired) electrons. The average molecular weight is 283 g/mol. The Bertz CT molecular complexity index is 728. The predicted octanol–water partition coefficient (Wildman–Crippen LogP) is 1.71. The van der Waals surface area contributed by atoms with Crippen LogP contribution in [-0.4, -0.2) is 30.0 Å². The van der Waals surface area contributed by atoms with E-state index in [4.69, 9.17) is 0 Å². The van der Waals surface area contributed by atoms with Crippen molar-refractivity contribution in [3.63, 3.8) is 0 Å². The van der Waals surface area contributed by atoms with E-state index in [2.05, 4.69) is 32.9 Å².